The molecule has 4 heteroatoms. The summed E-state index contributed by atoms with van der Waals surface area (Å²) in [6, 6.07) is 0. The zero-order valence-electron chi connectivity index (χ0n) is 18.4. The summed E-state index contributed by atoms with van der Waals surface area (Å²) in [6.45, 7) is 16.6. The summed E-state index contributed by atoms with van der Waals surface area (Å²) in [5.41, 5.74) is -2.31. The summed E-state index contributed by atoms with van der Waals surface area (Å²) in [5.74, 6) is -0.174. The van der Waals surface area contributed by atoms with Crippen LogP contribution in [0.5, 0.6) is 0 Å². The van der Waals surface area contributed by atoms with Gasteiger partial charge in [0, 0.05) is 18.8 Å². The Morgan fingerprint density at radius 3 is 2.26 bits per heavy atom. The van der Waals surface area contributed by atoms with E-state index in [0.717, 1.165) is 12.0 Å². The number of ether oxygens (including phenoxy) is 1. The van der Waals surface area contributed by atoms with Crippen LogP contribution in [0.25, 0.3) is 0 Å². The van der Waals surface area contributed by atoms with Crippen molar-refractivity contribution in [3.63, 3.8) is 0 Å². The molecular formula is C23H38O4. The zero-order valence-corrected chi connectivity index (χ0v) is 18.4. The summed E-state index contributed by atoms with van der Waals surface area (Å²) in [4.78, 5) is 13.5. The number of hydrogen-bond donors (Lipinski definition) is 2. The molecule has 154 valence electrons. The summed E-state index contributed by atoms with van der Waals surface area (Å²) in [7, 11) is 0. The van der Waals surface area contributed by atoms with Crippen molar-refractivity contribution < 1.29 is 19.7 Å². The van der Waals surface area contributed by atoms with Gasteiger partial charge in [-0.25, -0.2) is 0 Å². The van der Waals surface area contributed by atoms with Crippen molar-refractivity contribution in [2.24, 2.45) is 22.2 Å². The molecule has 0 aromatic carbocycles. The third-order valence-corrected chi connectivity index (χ3v) is 7.31. The maximum Gasteiger partial charge on any atom is 0.313 e. The first-order valence-electron chi connectivity index (χ1n) is 10.3. The molecule has 0 amide bonds. The molecule has 0 heterocycles. The van der Waals surface area contributed by atoms with Crippen LogP contribution in [0, 0.1) is 22.2 Å². The Labute approximate surface area is 164 Å². The molecule has 3 aliphatic carbocycles. The first-order chi connectivity index (χ1) is 11.9. The van der Waals surface area contributed by atoms with Crippen LogP contribution in [0.1, 0.15) is 87.5 Å². The highest BCUT2D eigenvalue weighted by atomic mass is 16.6. The first-order valence-corrected chi connectivity index (χ1v) is 10.3. The van der Waals surface area contributed by atoms with Crippen molar-refractivity contribution in [3.05, 3.63) is 11.6 Å². The van der Waals surface area contributed by atoms with Gasteiger partial charge in [-0.3, -0.25) is 4.79 Å². The molecule has 0 radical (unpaired) electrons. The van der Waals surface area contributed by atoms with E-state index < -0.39 is 22.2 Å². The molecule has 3 aliphatic rings. The van der Waals surface area contributed by atoms with Crippen LogP contribution in [0.15, 0.2) is 11.6 Å². The molecule has 0 aromatic heterocycles. The molecule has 0 aromatic rings. The molecule has 5 unspecified atom stereocenters. The Morgan fingerprint density at radius 1 is 1.15 bits per heavy atom. The molecule has 0 saturated heterocycles. The van der Waals surface area contributed by atoms with Gasteiger partial charge >= 0.3 is 5.97 Å². The molecule has 0 aliphatic heterocycles. The van der Waals surface area contributed by atoms with Crippen LogP contribution < -0.4 is 0 Å². The van der Waals surface area contributed by atoms with E-state index in [9.17, 15) is 15.0 Å². The molecule has 2 saturated carbocycles. The zero-order chi connectivity index (χ0) is 20.7. The van der Waals surface area contributed by atoms with E-state index in [2.05, 4.69) is 41.5 Å². The van der Waals surface area contributed by atoms with Gasteiger partial charge in [-0.1, -0.05) is 47.1 Å². The summed E-state index contributed by atoms with van der Waals surface area (Å²) in [5, 5.41) is 21.7. The molecule has 2 bridgehead atoms. The SMILES string of the molecule is CC(C)(C)CC(C)(C(=O)OC1(C)C=C2CC3(O)CC(O)(CC23)C1)C(C)(C)C. The van der Waals surface area contributed by atoms with Crippen LogP contribution >= 0.6 is 0 Å². The first kappa shape index (κ1) is 20.9. The van der Waals surface area contributed by atoms with E-state index in [-0.39, 0.29) is 22.7 Å². The maximum atomic E-state index is 13.5. The average Bonchev–Trinajstić information content (AvgIpc) is 2.53. The Hall–Kier alpha value is -0.870. The molecule has 3 rings (SSSR count). The van der Waals surface area contributed by atoms with E-state index in [1.807, 2.05) is 19.9 Å². The van der Waals surface area contributed by atoms with E-state index in [1.165, 1.54) is 0 Å². The summed E-state index contributed by atoms with van der Waals surface area (Å²) < 4.78 is 6.19. The fourth-order valence-electron chi connectivity index (χ4n) is 5.82. The van der Waals surface area contributed by atoms with Crippen LogP contribution in [-0.4, -0.2) is 33.0 Å². The number of esters is 1. The molecule has 2 fully saturated rings. The number of carbonyl (C=O) groups is 1. The van der Waals surface area contributed by atoms with E-state index in [1.54, 1.807) is 0 Å². The normalized spacial score (nSPS) is 40.5. The molecule has 27 heavy (non-hydrogen) atoms. The lowest BCUT2D eigenvalue weighted by molar-refractivity contribution is -0.180. The van der Waals surface area contributed by atoms with Crippen molar-refractivity contribution in [1.29, 1.82) is 0 Å². The number of fused-ring (bicyclic) bond motifs is 1. The minimum Gasteiger partial charge on any atom is -0.455 e. The minimum atomic E-state index is -0.967. The van der Waals surface area contributed by atoms with E-state index in [4.69, 9.17) is 4.74 Å². The molecule has 0 spiro atoms. The minimum absolute atomic E-state index is 0.00833. The summed E-state index contributed by atoms with van der Waals surface area (Å²) in [6.07, 6.45) is 4.63. The van der Waals surface area contributed by atoms with E-state index >= 15 is 0 Å². The average molecular weight is 379 g/mol. The second-order valence-corrected chi connectivity index (χ2v) is 12.4. The molecule has 2 N–H and O–H groups in total. The smallest absolute Gasteiger partial charge is 0.313 e. The lowest BCUT2D eigenvalue weighted by Gasteiger charge is -2.48. The van der Waals surface area contributed by atoms with Crippen molar-refractivity contribution in [2.45, 2.75) is 104 Å². The Kier molecular flexibility index (Phi) is 4.32. The second-order valence-electron chi connectivity index (χ2n) is 12.4. The highest BCUT2D eigenvalue weighted by molar-refractivity contribution is 5.78. The fourth-order valence-corrected chi connectivity index (χ4v) is 5.82. The lowest BCUT2D eigenvalue weighted by atomic mass is 9.61. The van der Waals surface area contributed by atoms with Gasteiger partial charge in [0.1, 0.15) is 5.60 Å². The van der Waals surface area contributed by atoms with E-state index in [0.29, 0.717) is 25.7 Å². The predicted molar refractivity (Wildman–Crippen MR) is 106 cm³/mol. The third kappa shape index (κ3) is 3.48. The molecule has 5 atom stereocenters. The number of aliphatic hydroxyl groups is 2. The molecule has 4 nitrogen and oxygen atoms in total. The third-order valence-electron chi connectivity index (χ3n) is 7.31. The van der Waals surface area contributed by atoms with Gasteiger partial charge in [-0.15, -0.1) is 0 Å². The van der Waals surface area contributed by atoms with Gasteiger partial charge in [0.2, 0.25) is 0 Å². The highest BCUT2D eigenvalue weighted by Crippen LogP contribution is 2.62. The van der Waals surface area contributed by atoms with Crippen molar-refractivity contribution in [2.75, 3.05) is 0 Å². The predicted octanol–water partition coefficient (Wildman–Crippen LogP) is 4.38. The Morgan fingerprint density at radius 2 is 1.74 bits per heavy atom. The monoisotopic (exact) mass is 378 g/mol. The fraction of sp³-hybridized carbons (Fsp3) is 0.870. The van der Waals surface area contributed by atoms with Crippen LogP contribution in [-0.2, 0) is 9.53 Å². The van der Waals surface area contributed by atoms with Crippen molar-refractivity contribution in [1.82, 2.24) is 0 Å². The van der Waals surface area contributed by atoms with Gasteiger partial charge in [0.15, 0.2) is 0 Å². The maximum absolute atomic E-state index is 13.5. The summed E-state index contributed by atoms with van der Waals surface area (Å²) >= 11 is 0. The number of carbonyl (C=O) groups excluding carboxylic acids is 1. The topological polar surface area (TPSA) is 66.8 Å². The van der Waals surface area contributed by atoms with Gasteiger partial charge < -0.3 is 14.9 Å². The second kappa shape index (κ2) is 5.60. The van der Waals surface area contributed by atoms with Crippen LogP contribution in [0.3, 0.4) is 0 Å². The van der Waals surface area contributed by atoms with Gasteiger partial charge in [0.25, 0.3) is 0 Å². The van der Waals surface area contributed by atoms with Crippen molar-refractivity contribution in [3.8, 4) is 0 Å². The quantitative estimate of drug-likeness (QED) is 0.565. The number of rotatable bonds is 3. The Balaban J connectivity index is 1.89. The van der Waals surface area contributed by atoms with Gasteiger partial charge in [0.05, 0.1) is 16.6 Å². The number of hydrogen-bond acceptors (Lipinski definition) is 4. The highest BCUT2D eigenvalue weighted by Gasteiger charge is 2.64. The lowest BCUT2D eigenvalue weighted by Crippen LogP contribution is -2.51. The molecular weight excluding hydrogens is 340 g/mol. The van der Waals surface area contributed by atoms with Gasteiger partial charge in [-0.2, -0.15) is 0 Å². The van der Waals surface area contributed by atoms with Crippen molar-refractivity contribution >= 4 is 5.97 Å². The largest absolute Gasteiger partial charge is 0.455 e. The van der Waals surface area contributed by atoms with Gasteiger partial charge in [-0.05, 0) is 50.0 Å². The van der Waals surface area contributed by atoms with Crippen LogP contribution in [0.2, 0.25) is 0 Å². The Bertz CT molecular complexity index is 681. The van der Waals surface area contributed by atoms with Crippen LogP contribution in [0.4, 0.5) is 0 Å². The standard InChI is InChI=1S/C23H38O4/c1-18(2,3)12-21(8,19(4,5)6)17(24)27-20(7)9-15-10-23(26)14-22(25,13-20)11-16(15)23/h9,16,25-26H,10-14H2,1-8H3.